The smallest absolute Gasteiger partial charge is 0.343 e. The summed E-state index contributed by atoms with van der Waals surface area (Å²) in [6.07, 6.45) is 1.19. The summed E-state index contributed by atoms with van der Waals surface area (Å²) in [5, 5.41) is 23.0. The maximum absolute atomic E-state index is 10.8. The Morgan fingerprint density at radius 3 is 2.74 bits per heavy atom. The average Bonchev–Trinajstić information content (AvgIpc) is 2.92. The Morgan fingerprint density at radius 1 is 1.26 bits per heavy atom. The summed E-state index contributed by atoms with van der Waals surface area (Å²) >= 11 is 0. The van der Waals surface area contributed by atoms with Crippen molar-refractivity contribution in [3.05, 3.63) is 34.1 Å². The van der Waals surface area contributed by atoms with E-state index in [0.29, 0.717) is 17.3 Å². The molecule has 0 N–H and O–H groups in total. The van der Waals surface area contributed by atoms with Crippen LogP contribution in [-0.4, -0.2) is 34.3 Å². The van der Waals surface area contributed by atoms with Gasteiger partial charge in [-0.3, -0.25) is 0 Å². The van der Waals surface area contributed by atoms with Gasteiger partial charge in [0.2, 0.25) is 5.82 Å². The normalized spacial score (nSPS) is 11.1. The van der Waals surface area contributed by atoms with Gasteiger partial charge in [-0.2, -0.15) is 9.61 Å². The minimum atomic E-state index is -0.502. The number of hydrogen-bond acceptors (Lipinski definition) is 6. The number of rotatable bonds is 2. The van der Waals surface area contributed by atoms with E-state index in [1.807, 2.05) is 13.0 Å². The molecule has 0 aromatic carbocycles. The molecule has 0 bridgehead atoms. The maximum atomic E-state index is 10.8. The monoisotopic (exact) mass is 259 g/mol. The molecule has 0 aliphatic rings. The second-order valence-electron chi connectivity index (χ2n) is 4.02. The minimum Gasteiger partial charge on any atom is -0.358 e. The highest BCUT2D eigenvalue weighted by molar-refractivity contribution is 5.53. The van der Waals surface area contributed by atoms with E-state index < -0.39 is 4.92 Å². The largest absolute Gasteiger partial charge is 0.358 e. The number of hydrogen-bond donors (Lipinski definition) is 0. The molecule has 0 radical (unpaired) electrons. The van der Waals surface area contributed by atoms with E-state index in [1.54, 1.807) is 13.1 Å². The molecule has 0 saturated heterocycles. The third-order valence-electron chi connectivity index (χ3n) is 2.75. The van der Waals surface area contributed by atoms with Crippen LogP contribution in [0.5, 0.6) is 0 Å². The molecule has 0 spiro atoms. The van der Waals surface area contributed by atoms with Crippen LogP contribution in [0.1, 0.15) is 5.69 Å². The summed E-state index contributed by atoms with van der Waals surface area (Å²) in [5.74, 6) is 0.603. The fourth-order valence-electron chi connectivity index (χ4n) is 1.80. The topological polar surface area (TPSA) is 104 Å². The van der Waals surface area contributed by atoms with Crippen molar-refractivity contribution in [1.82, 2.24) is 29.4 Å². The molecule has 0 unspecified atom stereocenters. The fraction of sp³-hybridized carbons (Fsp3) is 0.200. The molecule has 3 aromatic heterocycles. The number of aryl methyl sites for hydroxylation is 1. The molecular weight excluding hydrogens is 250 g/mol. The van der Waals surface area contributed by atoms with Gasteiger partial charge in [0.05, 0.1) is 12.7 Å². The van der Waals surface area contributed by atoms with Crippen molar-refractivity contribution >= 4 is 11.5 Å². The lowest BCUT2D eigenvalue weighted by atomic mass is 10.4. The SMILES string of the molecule is Cc1ccc2nnc(-c3ncc([N+](=O)[O-])n3C)n2n1. The van der Waals surface area contributed by atoms with Crippen molar-refractivity contribution in [1.29, 1.82) is 0 Å². The molecule has 9 heteroatoms. The highest BCUT2D eigenvalue weighted by Gasteiger charge is 2.22. The van der Waals surface area contributed by atoms with E-state index in [-0.39, 0.29) is 5.82 Å². The summed E-state index contributed by atoms with van der Waals surface area (Å²) in [6, 6.07) is 3.59. The van der Waals surface area contributed by atoms with Crippen molar-refractivity contribution in [3.8, 4) is 11.6 Å². The van der Waals surface area contributed by atoms with E-state index >= 15 is 0 Å². The number of fused-ring (bicyclic) bond motifs is 1. The predicted octanol–water partition coefficient (Wildman–Crippen LogP) is 0.741. The first kappa shape index (κ1) is 11.3. The Hall–Kier alpha value is -2.84. The van der Waals surface area contributed by atoms with Gasteiger partial charge in [-0.1, -0.05) is 0 Å². The lowest BCUT2D eigenvalue weighted by Gasteiger charge is -1.98. The van der Waals surface area contributed by atoms with Crippen LogP contribution in [0.4, 0.5) is 5.82 Å². The maximum Gasteiger partial charge on any atom is 0.343 e. The van der Waals surface area contributed by atoms with Crippen molar-refractivity contribution in [2.45, 2.75) is 6.92 Å². The first-order chi connectivity index (χ1) is 9.08. The average molecular weight is 259 g/mol. The molecule has 3 rings (SSSR count). The quantitative estimate of drug-likeness (QED) is 0.496. The summed E-state index contributed by atoms with van der Waals surface area (Å²) < 4.78 is 2.86. The molecule has 19 heavy (non-hydrogen) atoms. The standard InChI is InChI=1S/C10H9N7O2/c1-6-3-4-7-12-13-10(16(7)14-6)9-11-5-8(15(9)2)17(18)19/h3-5H,1-2H3. The zero-order valence-corrected chi connectivity index (χ0v) is 10.2. The summed E-state index contributed by atoms with van der Waals surface area (Å²) in [5.41, 5.74) is 1.35. The van der Waals surface area contributed by atoms with Gasteiger partial charge in [-0.25, -0.2) is 9.55 Å². The lowest BCUT2D eigenvalue weighted by Crippen LogP contribution is -2.03. The molecule has 0 fully saturated rings. The van der Waals surface area contributed by atoms with Crippen LogP contribution in [0, 0.1) is 17.0 Å². The van der Waals surface area contributed by atoms with Crippen molar-refractivity contribution in [2.24, 2.45) is 7.05 Å². The predicted molar refractivity (Wildman–Crippen MR) is 64.4 cm³/mol. The second-order valence-corrected chi connectivity index (χ2v) is 4.02. The number of aromatic nitrogens is 6. The summed E-state index contributed by atoms with van der Waals surface area (Å²) in [7, 11) is 1.55. The second kappa shape index (κ2) is 3.83. The Kier molecular flexibility index (Phi) is 2.27. The van der Waals surface area contributed by atoms with E-state index in [0.717, 1.165) is 5.69 Å². The number of nitrogens with zero attached hydrogens (tertiary/aromatic N) is 7. The van der Waals surface area contributed by atoms with Gasteiger partial charge in [-0.05, 0) is 24.0 Å². The fourth-order valence-corrected chi connectivity index (χ4v) is 1.80. The van der Waals surface area contributed by atoms with Crippen LogP contribution in [0.25, 0.3) is 17.3 Å². The van der Waals surface area contributed by atoms with Crippen molar-refractivity contribution in [2.75, 3.05) is 0 Å². The van der Waals surface area contributed by atoms with Gasteiger partial charge >= 0.3 is 5.82 Å². The van der Waals surface area contributed by atoms with Crippen molar-refractivity contribution < 1.29 is 4.92 Å². The third-order valence-corrected chi connectivity index (χ3v) is 2.75. The van der Waals surface area contributed by atoms with Crippen LogP contribution in [0.2, 0.25) is 0 Å². The molecule has 96 valence electrons. The van der Waals surface area contributed by atoms with Gasteiger partial charge in [0.25, 0.3) is 5.82 Å². The Labute approximate surface area is 106 Å². The molecule has 0 aliphatic heterocycles. The van der Waals surface area contributed by atoms with Gasteiger partial charge < -0.3 is 10.1 Å². The Bertz CT molecular complexity index is 788. The molecule has 9 nitrogen and oxygen atoms in total. The Balaban J connectivity index is 2.25. The van der Waals surface area contributed by atoms with E-state index in [2.05, 4.69) is 20.3 Å². The van der Waals surface area contributed by atoms with Gasteiger partial charge in [0, 0.05) is 0 Å². The Morgan fingerprint density at radius 2 is 2.05 bits per heavy atom. The van der Waals surface area contributed by atoms with Gasteiger partial charge in [-0.15, -0.1) is 10.2 Å². The molecule has 0 saturated carbocycles. The van der Waals surface area contributed by atoms with Crippen LogP contribution >= 0.6 is 0 Å². The van der Waals surface area contributed by atoms with Crippen molar-refractivity contribution in [3.63, 3.8) is 0 Å². The first-order valence-electron chi connectivity index (χ1n) is 5.43. The highest BCUT2D eigenvalue weighted by atomic mass is 16.6. The van der Waals surface area contributed by atoms with Gasteiger partial charge in [0.15, 0.2) is 5.65 Å². The summed E-state index contributed by atoms with van der Waals surface area (Å²) in [4.78, 5) is 14.3. The lowest BCUT2D eigenvalue weighted by molar-refractivity contribution is -0.391. The van der Waals surface area contributed by atoms with Gasteiger partial charge in [0.1, 0.15) is 6.20 Å². The zero-order chi connectivity index (χ0) is 13.6. The molecule has 0 amide bonds. The van der Waals surface area contributed by atoms with Crippen LogP contribution < -0.4 is 0 Å². The molecule has 3 aromatic rings. The highest BCUT2D eigenvalue weighted by Crippen LogP contribution is 2.20. The zero-order valence-electron chi connectivity index (χ0n) is 10.2. The van der Waals surface area contributed by atoms with Crippen LogP contribution in [-0.2, 0) is 7.05 Å². The first-order valence-corrected chi connectivity index (χ1v) is 5.43. The number of nitro groups is 1. The third kappa shape index (κ3) is 1.63. The van der Waals surface area contributed by atoms with Crippen LogP contribution in [0.3, 0.4) is 0 Å². The molecule has 0 aliphatic carbocycles. The minimum absolute atomic E-state index is 0.112. The number of imidazole rings is 1. The summed E-state index contributed by atoms with van der Waals surface area (Å²) in [6.45, 7) is 1.84. The van der Waals surface area contributed by atoms with Crippen LogP contribution in [0.15, 0.2) is 18.3 Å². The van der Waals surface area contributed by atoms with E-state index in [1.165, 1.54) is 15.3 Å². The molecule has 3 heterocycles. The van der Waals surface area contributed by atoms with E-state index in [4.69, 9.17) is 0 Å². The van der Waals surface area contributed by atoms with E-state index in [9.17, 15) is 10.1 Å². The molecular formula is C10H9N7O2. The molecule has 0 atom stereocenters.